The molecule has 0 bridgehead atoms. The van der Waals surface area contributed by atoms with Gasteiger partial charge < -0.3 is 21.2 Å². The molecule has 0 atom stereocenters. The minimum atomic E-state index is 0.229. The summed E-state index contributed by atoms with van der Waals surface area (Å²) < 4.78 is 7.24. The Morgan fingerprint density at radius 2 is 1.92 bits per heavy atom. The first-order valence-corrected chi connectivity index (χ1v) is 8.81. The summed E-state index contributed by atoms with van der Waals surface area (Å²) in [4.78, 5) is 16.7. The van der Waals surface area contributed by atoms with Crippen LogP contribution < -0.4 is 21.7 Å². The van der Waals surface area contributed by atoms with Gasteiger partial charge in [0.05, 0.1) is 19.1 Å². The lowest BCUT2D eigenvalue weighted by Crippen LogP contribution is -2.34. The highest BCUT2D eigenvalue weighted by molar-refractivity contribution is 5.70. The van der Waals surface area contributed by atoms with Crippen molar-refractivity contribution in [3.63, 3.8) is 0 Å². The summed E-state index contributed by atoms with van der Waals surface area (Å²) in [5.74, 6) is 1.22. The zero-order valence-electron chi connectivity index (χ0n) is 14.7. The lowest BCUT2D eigenvalue weighted by molar-refractivity contribution is 0.319. The fraction of sp³-hybridized carbons (Fsp3) is 0.389. The van der Waals surface area contributed by atoms with Crippen LogP contribution in [0.15, 0.2) is 35.6 Å². The largest absolute Gasteiger partial charge is 0.497 e. The SMILES string of the molecule is COc1ccc(N=c2c3[nH]cnc3nc(N)n2C2CCC(N)CC2)cc1. The molecule has 0 radical (unpaired) electrons. The van der Waals surface area contributed by atoms with E-state index in [1.54, 1.807) is 13.4 Å². The minimum Gasteiger partial charge on any atom is -0.497 e. The molecule has 136 valence electrons. The van der Waals surface area contributed by atoms with Crippen LogP contribution >= 0.6 is 0 Å². The molecular formula is C18H23N7O. The van der Waals surface area contributed by atoms with Gasteiger partial charge in [-0.25, -0.2) is 9.98 Å². The van der Waals surface area contributed by atoms with Crippen LogP contribution in [0.4, 0.5) is 11.6 Å². The number of hydrogen-bond donors (Lipinski definition) is 3. The van der Waals surface area contributed by atoms with Crippen molar-refractivity contribution in [1.82, 2.24) is 19.5 Å². The van der Waals surface area contributed by atoms with Gasteiger partial charge in [0.25, 0.3) is 0 Å². The molecule has 0 spiro atoms. The minimum absolute atomic E-state index is 0.229. The molecule has 8 heteroatoms. The highest BCUT2D eigenvalue weighted by Gasteiger charge is 2.23. The Bertz CT molecular complexity index is 965. The maximum Gasteiger partial charge on any atom is 0.204 e. The second kappa shape index (κ2) is 6.80. The summed E-state index contributed by atoms with van der Waals surface area (Å²) in [7, 11) is 1.64. The monoisotopic (exact) mass is 353 g/mol. The molecule has 3 aromatic rings. The Labute approximate surface area is 150 Å². The molecule has 0 unspecified atom stereocenters. The number of hydrogen-bond acceptors (Lipinski definition) is 6. The first kappa shape index (κ1) is 16.6. The normalized spacial score (nSPS) is 21.2. The molecule has 0 aliphatic heterocycles. The van der Waals surface area contributed by atoms with E-state index in [1.807, 2.05) is 28.8 Å². The molecule has 1 fully saturated rings. The fourth-order valence-corrected chi connectivity index (χ4v) is 3.54. The van der Waals surface area contributed by atoms with Crippen LogP contribution in [0, 0.1) is 0 Å². The topological polar surface area (TPSA) is 120 Å². The van der Waals surface area contributed by atoms with E-state index in [-0.39, 0.29) is 12.1 Å². The van der Waals surface area contributed by atoms with Gasteiger partial charge in [-0.2, -0.15) is 4.98 Å². The summed E-state index contributed by atoms with van der Waals surface area (Å²) in [6.45, 7) is 0. The Morgan fingerprint density at radius 1 is 1.19 bits per heavy atom. The Morgan fingerprint density at radius 3 is 2.62 bits per heavy atom. The molecule has 1 saturated carbocycles. The smallest absolute Gasteiger partial charge is 0.204 e. The molecule has 5 N–H and O–H groups in total. The van der Waals surface area contributed by atoms with Crippen molar-refractivity contribution in [3.05, 3.63) is 36.1 Å². The number of nitrogens with two attached hydrogens (primary N) is 2. The van der Waals surface area contributed by atoms with E-state index in [0.717, 1.165) is 48.1 Å². The second-order valence-corrected chi connectivity index (χ2v) is 6.64. The highest BCUT2D eigenvalue weighted by atomic mass is 16.5. The molecule has 2 heterocycles. The molecule has 26 heavy (non-hydrogen) atoms. The number of fused-ring (bicyclic) bond motifs is 1. The maximum atomic E-state index is 6.30. The van der Waals surface area contributed by atoms with E-state index < -0.39 is 0 Å². The van der Waals surface area contributed by atoms with Crippen molar-refractivity contribution < 1.29 is 4.74 Å². The van der Waals surface area contributed by atoms with E-state index in [0.29, 0.717) is 11.6 Å². The van der Waals surface area contributed by atoms with Crippen LogP contribution in [0.3, 0.4) is 0 Å². The standard InChI is InChI=1S/C18H23N7O/c1-26-14-8-4-12(5-9-14)23-17-15-16(22-10-21-15)24-18(20)25(17)13-6-2-11(19)3-7-13/h4-5,8-11,13H,2-3,6-7,19H2,1H3,(H2,20,24)(H,21,22). The van der Waals surface area contributed by atoms with Crippen LogP contribution in [-0.2, 0) is 0 Å². The van der Waals surface area contributed by atoms with Gasteiger partial charge in [-0.15, -0.1) is 0 Å². The third-order valence-corrected chi connectivity index (χ3v) is 4.95. The van der Waals surface area contributed by atoms with Gasteiger partial charge in [0.15, 0.2) is 11.1 Å². The summed E-state index contributed by atoms with van der Waals surface area (Å²) in [6, 6.07) is 8.10. The van der Waals surface area contributed by atoms with Crippen LogP contribution in [0.25, 0.3) is 11.2 Å². The third kappa shape index (κ3) is 3.03. The number of nitrogen functional groups attached to an aromatic ring is 1. The number of rotatable bonds is 3. The number of aromatic amines is 1. The molecular weight excluding hydrogens is 330 g/mol. The number of aromatic nitrogens is 4. The number of nitrogens with zero attached hydrogens (tertiary/aromatic N) is 4. The Balaban J connectivity index is 1.88. The number of H-pyrrole nitrogens is 1. The van der Waals surface area contributed by atoms with Crippen LogP contribution in [-0.4, -0.2) is 32.7 Å². The van der Waals surface area contributed by atoms with Gasteiger partial charge in [-0.1, -0.05) is 0 Å². The van der Waals surface area contributed by atoms with Crippen LogP contribution in [0.1, 0.15) is 31.7 Å². The van der Waals surface area contributed by atoms with Crippen molar-refractivity contribution in [2.45, 2.75) is 37.8 Å². The second-order valence-electron chi connectivity index (χ2n) is 6.64. The number of anilines is 1. The summed E-state index contributed by atoms with van der Waals surface area (Å²) in [6.07, 6.45) is 5.48. The maximum absolute atomic E-state index is 6.30. The molecule has 1 aliphatic carbocycles. The van der Waals surface area contributed by atoms with Crippen LogP contribution in [0.5, 0.6) is 5.75 Å². The van der Waals surface area contributed by atoms with Crippen molar-refractivity contribution in [2.24, 2.45) is 10.7 Å². The Hall–Kier alpha value is -2.87. The van der Waals surface area contributed by atoms with Crippen molar-refractivity contribution in [1.29, 1.82) is 0 Å². The van der Waals surface area contributed by atoms with Crippen molar-refractivity contribution >= 4 is 22.8 Å². The van der Waals surface area contributed by atoms with E-state index in [4.69, 9.17) is 21.2 Å². The zero-order valence-corrected chi connectivity index (χ0v) is 14.7. The molecule has 8 nitrogen and oxygen atoms in total. The van der Waals surface area contributed by atoms with Gasteiger partial charge in [0.2, 0.25) is 5.95 Å². The van der Waals surface area contributed by atoms with E-state index in [1.165, 1.54) is 0 Å². The first-order chi connectivity index (χ1) is 12.7. The number of imidazole rings is 1. The number of nitrogens with one attached hydrogen (secondary N) is 1. The fourth-order valence-electron chi connectivity index (χ4n) is 3.54. The van der Waals surface area contributed by atoms with Gasteiger partial charge in [0, 0.05) is 12.1 Å². The molecule has 1 aliphatic rings. The molecule has 0 saturated heterocycles. The predicted octanol–water partition coefficient (Wildman–Crippen LogP) is 2.02. The highest BCUT2D eigenvalue weighted by Crippen LogP contribution is 2.28. The van der Waals surface area contributed by atoms with Gasteiger partial charge in [-0.3, -0.25) is 4.57 Å². The summed E-state index contributed by atoms with van der Waals surface area (Å²) >= 11 is 0. The molecule has 1 aromatic carbocycles. The van der Waals surface area contributed by atoms with Crippen LogP contribution in [0.2, 0.25) is 0 Å². The lowest BCUT2D eigenvalue weighted by Gasteiger charge is -2.29. The Kier molecular flexibility index (Phi) is 4.34. The number of methoxy groups -OCH3 is 1. The van der Waals surface area contributed by atoms with Gasteiger partial charge in [0.1, 0.15) is 11.3 Å². The summed E-state index contributed by atoms with van der Waals surface area (Å²) in [5, 5.41) is 0. The quantitative estimate of drug-likeness (QED) is 0.665. The molecule has 2 aromatic heterocycles. The van der Waals surface area contributed by atoms with Crippen molar-refractivity contribution in [2.75, 3.05) is 12.8 Å². The van der Waals surface area contributed by atoms with E-state index >= 15 is 0 Å². The lowest BCUT2D eigenvalue weighted by atomic mass is 9.91. The first-order valence-electron chi connectivity index (χ1n) is 8.81. The average Bonchev–Trinajstić information content (AvgIpc) is 3.12. The van der Waals surface area contributed by atoms with E-state index in [9.17, 15) is 0 Å². The van der Waals surface area contributed by atoms with Crippen molar-refractivity contribution in [3.8, 4) is 5.75 Å². The van der Waals surface area contributed by atoms with Gasteiger partial charge >= 0.3 is 0 Å². The molecule has 4 rings (SSSR count). The average molecular weight is 353 g/mol. The number of ether oxygens (including phenoxy) is 1. The third-order valence-electron chi connectivity index (χ3n) is 4.95. The predicted molar refractivity (Wildman–Crippen MR) is 100.0 cm³/mol. The molecule has 0 amide bonds. The number of benzene rings is 1. The summed E-state index contributed by atoms with van der Waals surface area (Å²) in [5.41, 5.74) is 15.3. The zero-order chi connectivity index (χ0) is 18.1. The van der Waals surface area contributed by atoms with E-state index in [2.05, 4.69) is 15.0 Å². The van der Waals surface area contributed by atoms with Gasteiger partial charge in [-0.05, 0) is 49.9 Å².